The smallest absolute Gasteiger partial charge is 0.260 e. The molecule has 0 bridgehead atoms. The van der Waals surface area contributed by atoms with Gasteiger partial charge in [0, 0.05) is 17.4 Å². The molecule has 0 saturated carbocycles. The molecule has 2 heterocycles. The third kappa shape index (κ3) is 2.87. The van der Waals surface area contributed by atoms with Crippen LogP contribution in [0.5, 0.6) is 5.75 Å². The zero-order chi connectivity index (χ0) is 17.9. The van der Waals surface area contributed by atoms with Crippen LogP contribution in [0.25, 0.3) is 27.8 Å². The minimum Gasteiger partial charge on any atom is -0.491 e. The number of H-pyrrole nitrogens is 1. The average Bonchev–Trinajstić information content (AvgIpc) is 3.08. The van der Waals surface area contributed by atoms with Crippen LogP contribution in [-0.2, 0) is 0 Å². The van der Waals surface area contributed by atoms with E-state index in [9.17, 15) is 4.79 Å². The third-order valence-corrected chi connectivity index (χ3v) is 4.13. The number of hydrogen-bond donors (Lipinski definition) is 2. The molecule has 0 aliphatic heterocycles. The Bertz CT molecular complexity index is 1100. The lowest BCUT2D eigenvalue weighted by molar-refractivity contribution is 0.201. The number of nitrogens with one attached hydrogen (secondary N) is 1. The van der Waals surface area contributed by atoms with Gasteiger partial charge in [-0.2, -0.15) is 0 Å². The molecule has 0 aliphatic carbocycles. The van der Waals surface area contributed by atoms with E-state index in [2.05, 4.69) is 9.97 Å². The number of fused-ring (bicyclic) bond motifs is 1. The zero-order valence-electron chi connectivity index (χ0n) is 13.9. The summed E-state index contributed by atoms with van der Waals surface area (Å²) in [6.07, 6.45) is 3.32. The first kappa shape index (κ1) is 16.1. The monoisotopic (exact) mass is 347 g/mol. The summed E-state index contributed by atoms with van der Waals surface area (Å²) in [6, 6.07) is 17.2. The number of hydrogen-bond acceptors (Lipinski definition) is 4. The molecule has 0 radical (unpaired) electrons. The van der Waals surface area contributed by atoms with Gasteiger partial charge in [-0.3, -0.25) is 4.79 Å². The van der Waals surface area contributed by atoms with Gasteiger partial charge in [0.25, 0.3) is 5.56 Å². The standard InChI is InChI=1S/C20H17N3O3/c24-9-10-26-16-8-4-5-14(11-16)17-12-23(15-6-2-1-3-7-15)19-18(17)20(25)22-13-21-19/h1-8,11-13,24H,9-10H2,(H,21,22,25). The second-order valence-electron chi connectivity index (χ2n) is 5.78. The van der Waals surface area contributed by atoms with Crippen molar-refractivity contribution in [2.45, 2.75) is 0 Å². The van der Waals surface area contributed by atoms with Crippen LogP contribution < -0.4 is 10.3 Å². The molecular weight excluding hydrogens is 330 g/mol. The summed E-state index contributed by atoms with van der Waals surface area (Å²) in [4.78, 5) is 19.5. The summed E-state index contributed by atoms with van der Waals surface area (Å²) < 4.78 is 7.40. The molecule has 0 unspecified atom stereocenters. The van der Waals surface area contributed by atoms with Gasteiger partial charge in [-0.15, -0.1) is 0 Å². The molecule has 4 aromatic rings. The van der Waals surface area contributed by atoms with E-state index in [0.29, 0.717) is 16.8 Å². The van der Waals surface area contributed by atoms with Gasteiger partial charge in [0.15, 0.2) is 5.65 Å². The molecule has 0 aliphatic rings. The molecule has 6 heteroatoms. The van der Waals surface area contributed by atoms with Crippen molar-refractivity contribution < 1.29 is 9.84 Å². The van der Waals surface area contributed by atoms with Crippen molar-refractivity contribution in [1.82, 2.24) is 14.5 Å². The van der Waals surface area contributed by atoms with Gasteiger partial charge in [0.1, 0.15) is 12.4 Å². The Labute approximate surface area is 149 Å². The van der Waals surface area contributed by atoms with Crippen molar-refractivity contribution in [3.8, 4) is 22.6 Å². The van der Waals surface area contributed by atoms with Gasteiger partial charge >= 0.3 is 0 Å². The van der Waals surface area contributed by atoms with Crippen LogP contribution in [0.3, 0.4) is 0 Å². The number of benzene rings is 2. The van der Waals surface area contributed by atoms with Crippen molar-refractivity contribution in [1.29, 1.82) is 0 Å². The number of para-hydroxylation sites is 1. The highest BCUT2D eigenvalue weighted by Gasteiger charge is 2.16. The van der Waals surface area contributed by atoms with Crippen LogP contribution >= 0.6 is 0 Å². The van der Waals surface area contributed by atoms with Crippen LogP contribution in [0.2, 0.25) is 0 Å². The molecule has 26 heavy (non-hydrogen) atoms. The Kier molecular flexibility index (Phi) is 4.25. The number of rotatable bonds is 5. The minimum atomic E-state index is -0.193. The number of aliphatic hydroxyl groups is 1. The molecule has 130 valence electrons. The number of aromatic amines is 1. The highest BCUT2D eigenvalue weighted by Crippen LogP contribution is 2.31. The summed E-state index contributed by atoms with van der Waals surface area (Å²) in [5.41, 5.74) is 2.94. The Morgan fingerprint density at radius 2 is 1.96 bits per heavy atom. The summed E-state index contributed by atoms with van der Waals surface area (Å²) in [5.74, 6) is 0.637. The average molecular weight is 347 g/mol. The van der Waals surface area contributed by atoms with Crippen molar-refractivity contribution in [3.63, 3.8) is 0 Å². The van der Waals surface area contributed by atoms with E-state index in [1.165, 1.54) is 6.33 Å². The Hall–Kier alpha value is -3.38. The van der Waals surface area contributed by atoms with E-state index in [4.69, 9.17) is 9.84 Å². The number of aromatic nitrogens is 3. The van der Waals surface area contributed by atoms with Gasteiger partial charge in [0.05, 0.1) is 18.3 Å². The molecule has 2 aromatic carbocycles. The van der Waals surface area contributed by atoms with Crippen LogP contribution in [0.1, 0.15) is 0 Å². The minimum absolute atomic E-state index is 0.0544. The Morgan fingerprint density at radius 1 is 1.12 bits per heavy atom. The number of nitrogens with zero attached hydrogens (tertiary/aromatic N) is 2. The van der Waals surface area contributed by atoms with E-state index >= 15 is 0 Å². The van der Waals surface area contributed by atoms with Gasteiger partial charge in [-0.25, -0.2) is 4.98 Å². The first-order chi connectivity index (χ1) is 12.8. The van der Waals surface area contributed by atoms with E-state index in [0.717, 1.165) is 16.8 Å². The second-order valence-corrected chi connectivity index (χ2v) is 5.78. The molecule has 0 amide bonds. The quantitative estimate of drug-likeness (QED) is 0.582. The fraction of sp³-hybridized carbons (Fsp3) is 0.100. The van der Waals surface area contributed by atoms with Gasteiger partial charge in [-0.1, -0.05) is 30.3 Å². The summed E-state index contributed by atoms with van der Waals surface area (Å²) in [5, 5.41) is 9.46. The maximum Gasteiger partial charge on any atom is 0.260 e. The van der Waals surface area contributed by atoms with Gasteiger partial charge in [-0.05, 0) is 29.8 Å². The van der Waals surface area contributed by atoms with E-state index < -0.39 is 0 Å². The predicted molar refractivity (Wildman–Crippen MR) is 99.7 cm³/mol. The fourth-order valence-corrected chi connectivity index (χ4v) is 2.99. The first-order valence-corrected chi connectivity index (χ1v) is 8.26. The molecule has 6 nitrogen and oxygen atoms in total. The Morgan fingerprint density at radius 3 is 2.77 bits per heavy atom. The highest BCUT2D eigenvalue weighted by atomic mass is 16.5. The van der Waals surface area contributed by atoms with Crippen molar-refractivity contribution in [2.24, 2.45) is 0 Å². The van der Waals surface area contributed by atoms with Gasteiger partial charge in [0.2, 0.25) is 0 Å². The number of ether oxygens (including phenoxy) is 1. The molecule has 0 saturated heterocycles. The molecule has 4 rings (SSSR count). The van der Waals surface area contributed by atoms with Gasteiger partial charge < -0.3 is 19.4 Å². The zero-order valence-corrected chi connectivity index (χ0v) is 13.9. The molecular formula is C20H17N3O3. The van der Waals surface area contributed by atoms with E-state index in [1.54, 1.807) is 0 Å². The largest absolute Gasteiger partial charge is 0.491 e. The van der Waals surface area contributed by atoms with E-state index in [-0.39, 0.29) is 18.8 Å². The molecule has 0 atom stereocenters. The summed E-state index contributed by atoms with van der Waals surface area (Å²) in [6.45, 7) is 0.165. The molecule has 2 N–H and O–H groups in total. The molecule has 2 aromatic heterocycles. The van der Waals surface area contributed by atoms with Crippen molar-refractivity contribution in [2.75, 3.05) is 13.2 Å². The SMILES string of the molecule is O=c1[nH]cnc2c1c(-c1cccc(OCCO)c1)cn2-c1ccccc1. The maximum absolute atomic E-state index is 12.5. The lowest BCUT2D eigenvalue weighted by Gasteiger charge is -2.06. The predicted octanol–water partition coefficient (Wildman–Crippen LogP) is 2.75. The van der Waals surface area contributed by atoms with Crippen molar-refractivity contribution >= 4 is 11.0 Å². The van der Waals surface area contributed by atoms with E-state index in [1.807, 2.05) is 65.4 Å². The fourth-order valence-electron chi connectivity index (χ4n) is 2.99. The number of aliphatic hydroxyl groups excluding tert-OH is 1. The summed E-state index contributed by atoms with van der Waals surface area (Å²) >= 11 is 0. The molecule has 0 spiro atoms. The lowest BCUT2D eigenvalue weighted by atomic mass is 10.1. The van der Waals surface area contributed by atoms with Crippen LogP contribution in [0.15, 0.2) is 71.9 Å². The molecule has 0 fully saturated rings. The van der Waals surface area contributed by atoms with Crippen molar-refractivity contribution in [3.05, 3.63) is 77.5 Å². The van der Waals surface area contributed by atoms with Crippen LogP contribution in [-0.4, -0.2) is 32.9 Å². The van der Waals surface area contributed by atoms with Crippen LogP contribution in [0.4, 0.5) is 0 Å². The highest BCUT2D eigenvalue weighted by molar-refractivity contribution is 5.94. The summed E-state index contributed by atoms with van der Waals surface area (Å²) in [7, 11) is 0. The second kappa shape index (κ2) is 6.85. The third-order valence-electron chi connectivity index (χ3n) is 4.13. The Balaban J connectivity index is 1.92. The lowest BCUT2D eigenvalue weighted by Crippen LogP contribution is -2.07. The van der Waals surface area contributed by atoms with Crippen LogP contribution in [0, 0.1) is 0 Å². The normalized spacial score (nSPS) is 11.0. The first-order valence-electron chi connectivity index (χ1n) is 8.26. The maximum atomic E-state index is 12.5. The topological polar surface area (TPSA) is 80.1 Å².